The number of anilines is 1. The van der Waals surface area contributed by atoms with Crippen molar-refractivity contribution in [1.29, 1.82) is 0 Å². The molecule has 1 N–H and O–H groups in total. The quantitative estimate of drug-likeness (QED) is 0.751. The molecule has 6 nitrogen and oxygen atoms in total. The molecule has 0 fully saturated rings. The zero-order chi connectivity index (χ0) is 18.4. The number of nitrogens with zero attached hydrogens (tertiary/aromatic N) is 1. The topological polar surface area (TPSA) is 75.7 Å². The third-order valence-corrected chi connectivity index (χ3v) is 4.76. The second-order valence-electron chi connectivity index (χ2n) is 6.32. The predicted molar refractivity (Wildman–Crippen MR) is 97.5 cm³/mol. The number of carbonyl (C=O) groups is 3. The first-order valence-electron chi connectivity index (χ1n) is 8.38. The number of thioether (sulfide) groups is 1. The Balaban J connectivity index is 1.85. The first-order chi connectivity index (χ1) is 11.9. The first kappa shape index (κ1) is 19.3. The molecule has 0 unspecified atom stereocenters. The van der Waals surface area contributed by atoms with Gasteiger partial charge in [0.05, 0.1) is 17.9 Å². The summed E-state index contributed by atoms with van der Waals surface area (Å²) >= 11 is 1.50. The van der Waals surface area contributed by atoms with Crippen molar-refractivity contribution in [2.45, 2.75) is 38.2 Å². The Morgan fingerprint density at radius 3 is 2.72 bits per heavy atom. The Hall–Kier alpha value is -2.02. The molecule has 1 aliphatic rings. The van der Waals surface area contributed by atoms with E-state index in [1.807, 2.05) is 38.1 Å². The fraction of sp³-hybridized carbons (Fsp3) is 0.500. The molecule has 2 amide bonds. The third kappa shape index (κ3) is 5.49. The van der Waals surface area contributed by atoms with Crippen LogP contribution in [0, 0.1) is 5.92 Å². The number of esters is 1. The molecule has 1 aromatic rings. The average Bonchev–Trinajstić information content (AvgIpc) is 2.58. The van der Waals surface area contributed by atoms with E-state index in [2.05, 4.69) is 5.32 Å². The molecule has 1 aromatic carbocycles. The standard InChI is InChI=1S/C18H24N2O4S/c1-12(2)10-19-18(23)13(3)24-17(22)8-9-20-14-6-4-5-7-15(14)25-11-16(20)21/h4-7,12-13H,8-11H2,1-3H3,(H,19,23)/t13-/m1/s1. The van der Waals surface area contributed by atoms with E-state index in [-0.39, 0.29) is 24.8 Å². The van der Waals surface area contributed by atoms with Crippen LogP contribution >= 0.6 is 11.8 Å². The highest BCUT2D eigenvalue weighted by atomic mass is 32.2. The molecule has 0 aromatic heterocycles. The Morgan fingerprint density at radius 2 is 2.00 bits per heavy atom. The number of hydrogen-bond donors (Lipinski definition) is 1. The van der Waals surface area contributed by atoms with Gasteiger partial charge in [-0.25, -0.2) is 0 Å². The normalized spacial score (nSPS) is 14.9. The van der Waals surface area contributed by atoms with E-state index in [0.717, 1.165) is 10.6 Å². The SMILES string of the molecule is CC(C)CNC(=O)[C@@H](C)OC(=O)CCN1C(=O)CSc2ccccc21. The number of fused-ring (bicyclic) bond motifs is 1. The smallest absolute Gasteiger partial charge is 0.308 e. The lowest BCUT2D eigenvalue weighted by Gasteiger charge is -2.28. The van der Waals surface area contributed by atoms with Crippen LogP contribution in [0.1, 0.15) is 27.2 Å². The molecule has 7 heteroatoms. The number of benzene rings is 1. The fourth-order valence-electron chi connectivity index (χ4n) is 2.36. The summed E-state index contributed by atoms with van der Waals surface area (Å²) in [6, 6.07) is 7.61. The molecule has 2 rings (SSSR count). The first-order valence-corrected chi connectivity index (χ1v) is 9.36. The number of rotatable bonds is 7. The molecule has 0 saturated heterocycles. The minimum Gasteiger partial charge on any atom is -0.452 e. The van der Waals surface area contributed by atoms with Gasteiger partial charge < -0.3 is 15.0 Å². The lowest BCUT2D eigenvalue weighted by Crippen LogP contribution is -2.39. The van der Waals surface area contributed by atoms with Crippen molar-refractivity contribution in [2.24, 2.45) is 5.92 Å². The van der Waals surface area contributed by atoms with Crippen LogP contribution in [0.25, 0.3) is 0 Å². The number of hydrogen-bond acceptors (Lipinski definition) is 5. The number of para-hydroxylation sites is 1. The van der Waals surface area contributed by atoms with Crippen LogP contribution < -0.4 is 10.2 Å². The molecular weight excluding hydrogens is 340 g/mol. The molecular formula is C18H24N2O4S. The van der Waals surface area contributed by atoms with E-state index in [1.54, 1.807) is 11.8 Å². The predicted octanol–water partition coefficient (Wildman–Crippen LogP) is 2.22. The Kier molecular flexibility index (Phi) is 6.87. The zero-order valence-electron chi connectivity index (χ0n) is 14.8. The highest BCUT2D eigenvalue weighted by Gasteiger charge is 2.25. The average molecular weight is 364 g/mol. The second-order valence-corrected chi connectivity index (χ2v) is 7.34. The highest BCUT2D eigenvalue weighted by Crippen LogP contribution is 2.34. The van der Waals surface area contributed by atoms with Crippen molar-refractivity contribution in [2.75, 3.05) is 23.7 Å². The minimum absolute atomic E-state index is 0.0285. The van der Waals surface area contributed by atoms with E-state index in [9.17, 15) is 14.4 Å². The van der Waals surface area contributed by atoms with E-state index in [4.69, 9.17) is 4.74 Å². The lowest BCUT2D eigenvalue weighted by molar-refractivity contribution is -0.154. The van der Waals surface area contributed by atoms with Gasteiger partial charge in [-0.2, -0.15) is 0 Å². The maximum absolute atomic E-state index is 12.1. The van der Waals surface area contributed by atoms with Gasteiger partial charge in [-0.3, -0.25) is 14.4 Å². The van der Waals surface area contributed by atoms with Crippen molar-refractivity contribution in [1.82, 2.24) is 5.32 Å². The van der Waals surface area contributed by atoms with E-state index >= 15 is 0 Å². The summed E-state index contributed by atoms with van der Waals surface area (Å²) in [6.45, 7) is 6.31. The number of nitrogens with one attached hydrogen (secondary N) is 1. The summed E-state index contributed by atoms with van der Waals surface area (Å²) in [6.07, 6.45) is -0.793. The molecule has 0 aliphatic carbocycles. The second kappa shape index (κ2) is 8.89. The van der Waals surface area contributed by atoms with Gasteiger partial charge in [-0.15, -0.1) is 11.8 Å². The summed E-state index contributed by atoms with van der Waals surface area (Å²) in [5, 5.41) is 2.73. The molecule has 25 heavy (non-hydrogen) atoms. The van der Waals surface area contributed by atoms with Crippen molar-refractivity contribution in [3.63, 3.8) is 0 Å². The maximum atomic E-state index is 12.1. The van der Waals surface area contributed by atoms with E-state index in [0.29, 0.717) is 18.2 Å². The summed E-state index contributed by atoms with van der Waals surface area (Å²) < 4.78 is 5.16. The molecule has 0 saturated carbocycles. The molecule has 1 heterocycles. The van der Waals surface area contributed by atoms with Gasteiger partial charge in [-0.05, 0) is 25.0 Å². The highest BCUT2D eigenvalue weighted by molar-refractivity contribution is 8.00. The molecule has 1 atom stereocenters. The van der Waals surface area contributed by atoms with Crippen molar-refractivity contribution in [3.05, 3.63) is 24.3 Å². The van der Waals surface area contributed by atoms with E-state index < -0.39 is 12.1 Å². The van der Waals surface area contributed by atoms with Crippen LogP contribution in [0.15, 0.2) is 29.2 Å². The van der Waals surface area contributed by atoms with Gasteiger partial charge in [0, 0.05) is 18.0 Å². The largest absolute Gasteiger partial charge is 0.452 e. The number of carbonyl (C=O) groups excluding carboxylic acids is 3. The molecule has 0 spiro atoms. The van der Waals surface area contributed by atoms with Crippen LogP contribution in [0.5, 0.6) is 0 Å². The van der Waals surface area contributed by atoms with Gasteiger partial charge >= 0.3 is 5.97 Å². The van der Waals surface area contributed by atoms with Crippen LogP contribution in [0.3, 0.4) is 0 Å². The van der Waals surface area contributed by atoms with Crippen molar-refractivity contribution < 1.29 is 19.1 Å². The number of ether oxygens (including phenoxy) is 1. The summed E-state index contributed by atoms with van der Waals surface area (Å²) in [5.74, 6) is -0.136. The molecule has 136 valence electrons. The summed E-state index contributed by atoms with van der Waals surface area (Å²) in [7, 11) is 0. The maximum Gasteiger partial charge on any atom is 0.308 e. The van der Waals surface area contributed by atoms with Gasteiger partial charge in [0.25, 0.3) is 5.91 Å². The molecule has 0 bridgehead atoms. The van der Waals surface area contributed by atoms with Gasteiger partial charge in [0.1, 0.15) is 0 Å². The number of amides is 2. The summed E-state index contributed by atoms with van der Waals surface area (Å²) in [5.41, 5.74) is 0.819. The minimum atomic E-state index is -0.842. The lowest BCUT2D eigenvalue weighted by atomic mass is 10.2. The Morgan fingerprint density at radius 1 is 1.28 bits per heavy atom. The van der Waals surface area contributed by atoms with Crippen LogP contribution in [-0.2, 0) is 19.1 Å². The Bertz CT molecular complexity index is 648. The van der Waals surface area contributed by atoms with Crippen LogP contribution in [-0.4, -0.2) is 42.7 Å². The Labute approximate surface area is 152 Å². The molecule has 0 radical (unpaired) electrons. The molecule has 1 aliphatic heterocycles. The third-order valence-electron chi connectivity index (χ3n) is 3.71. The van der Waals surface area contributed by atoms with E-state index in [1.165, 1.54) is 11.8 Å². The monoisotopic (exact) mass is 364 g/mol. The van der Waals surface area contributed by atoms with Gasteiger partial charge in [0.2, 0.25) is 5.91 Å². The fourth-order valence-corrected chi connectivity index (χ4v) is 3.30. The van der Waals surface area contributed by atoms with Crippen molar-refractivity contribution in [3.8, 4) is 0 Å². The zero-order valence-corrected chi connectivity index (χ0v) is 15.6. The van der Waals surface area contributed by atoms with Crippen molar-refractivity contribution >= 4 is 35.2 Å². The van der Waals surface area contributed by atoms with Gasteiger partial charge in [-0.1, -0.05) is 26.0 Å². The van der Waals surface area contributed by atoms with Gasteiger partial charge in [0.15, 0.2) is 6.10 Å². The van der Waals surface area contributed by atoms with Crippen LogP contribution in [0.2, 0.25) is 0 Å². The summed E-state index contributed by atoms with van der Waals surface area (Å²) in [4.78, 5) is 38.6. The van der Waals surface area contributed by atoms with Crippen LogP contribution in [0.4, 0.5) is 5.69 Å².